The smallest absolute Gasteiger partial charge is 0.303 e. The van der Waals surface area contributed by atoms with Crippen LogP contribution in [0.5, 0.6) is 0 Å². The molecule has 2 heterocycles. The maximum absolute atomic E-state index is 11.7. The molecule has 1 atom stereocenters. The summed E-state index contributed by atoms with van der Waals surface area (Å²) in [5, 5.41) is 15.5. The van der Waals surface area contributed by atoms with E-state index in [4.69, 9.17) is 9.84 Å². The number of hydrogen-bond donors (Lipinski definition) is 2. The van der Waals surface area contributed by atoms with E-state index in [0.717, 1.165) is 19.4 Å². The fourth-order valence-corrected chi connectivity index (χ4v) is 2.31. The van der Waals surface area contributed by atoms with Gasteiger partial charge in [-0.05, 0) is 25.7 Å². The van der Waals surface area contributed by atoms with E-state index in [9.17, 15) is 9.59 Å². The number of anilines is 1. The average molecular weight is 295 g/mol. The molecule has 2 N–H and O–H groups in total. The van der Waals surface area contributed by atoms with Crippen LogP contribution in [-0.2, 0) is 20.9 Å². The number of carbonyl (C=O) groups excluding carboxylic acids is 1. The predicted molar refractivity (Wildman–Crippen MR) is 75.9 cm³/mol. The highest BCUT2D eigenvalue weighted by Crippen LogP contribution is 2.15. The molecule has 1 aliphatic rings. The normalized spacial score (nSPS) is 17.8. The number of carbonyl (C=O) groups is 2. The van der Waals surface area contributed by atoms with E-state index in [0.29, 0.717) is 31.5 Å². The Morgan fingerprint density at radius 2 is 2.24 bits per heavy atom. The minimum absolute atomic E-state index is 0.104. The van der Waals surface area contributed by atoms with Crippen LogP contribution in [0, 0.1) is 0 Å². The molecule has 1 fully saturated rings. The van der Waals surface area contributed by atoms with Gasteiger partial charge in [0.1, 0.15) is 0 Å². The van der Waals surface area contributed by atoms with Crippen LogP contribution < -0.4 is 5.32 Å². The van der Waals surface area contributed by atoms with Crippen molar-refractivity contribution in [2.75, 3.05) is 11.9 Å². The maximum atomic E-state index is 11.7. The van der Waals surface area contributed by atoms with Crippen molar-refractivity contribution < 1.29 is 19.4 Å². The predicted octanol–water partition coefficient (Wildman–Crippen LogP) is 1.65. The fraction of sp³-hybridized carbons (Fsp3) is 0.643. The van der Waals surface area contributed by atoms with Crippen LogP contribution in [0.4, 0.5) is 5.69 Å². The van der Waals surface area contributed by atoms with E-state index in [-0.39, 0.29) is 18.4 Å². The van der Waals surface area contributed by atoms with Gasteiger partial charge in [-0.1, -0.05) is 0 Å². The Morgan fingerprint density at radius 3 is 2.95 bits per heavy atom. The van der Waals surface area contributed by atoms with Crippen LogP contribution in [0.15, 0.2) is 12.4 Å². The Hall–Kier alpha value is -1.89. The Labute approximate surface area is 123 Å². The van der Waals surface area contributed by atoms with E-state index >= 15 is 0 Å². The molecule has 2 rings (SSSR count). The summed E-state index contributed by atoms with van der Waals surface area (Å²) >= 11 is 0. The summed E-state index contributed by atoms with van der Waals surface area (Å²) in [5.41, 5.74) is 0.663. The third kappa shape index (κ3) is 5.55. The standard InChI is InChI=1S/C14H21N3O4/c18-13(5-1-2-6-14(19)20)16-11-8-15-17(9-11)10-12-4-3-7-21-12/h8-9,12H,1-7,10H2,(H,16,18)(H,19,20). The van der Waals surface area contributed by atoms with Gasteiger partial charge in [0.05, 0.1) is 24.5 Å². The van der Waals surface area contributed by atoms with Gasteiger partial charge in [0.25, 0.3) is 0 Å². The summed E-state index contributed by atoms with van der Waals surface area (Å²) in [5.74, 6) is -0.942. The Kier molecular flexibility index (Phi) is 5.74. The number of nitrogens with one attached hydrogen (secondary N) is 1. The second-order valence-electron chi connectivity index (χ2n) is 5.24. The molecule has 0 bridgehead atoms. The Balaban J connectivity index is 1.68. The molecule has 1 aromatic heterocycles. The number of amides is 1. The largest absolute Gasteiger partial charge is 0.481 e. The number of ether oxygens (including phenoxy) is 1. The van der Waals surface area contributed by atoms with E-state index in [1.807, 2.05) is 0 Å². The zero-order chi connectivity index (χ0) is 15.1. The number of rotatable bonds is 8. The second-order valence-corrected chi connectivity index (χ2v) is 5.24. The zero-order valence-corrected chi connectivity index (χ0v) is 12.0. The molecule has 21 heavy (non-hydrogen) atoms. The first-order valence-electron chi connectivity index (χ1n) is 7.29. The number of hydrogen-bond acceptors (Lipinski definition) is 4. The lowest BCUT2D eigenvalue weighted by molar-refractivity contribution is -0.137. The van der Waals surface area contributed by atoms with Crippen molar-refractivity contribution in [1.29, 1.82) is 0 Å². The van der Waals surface area contributed by atoms with Gasteiger partial charge in [-0.2, -0.15) is 5.10 Å². The van der Waals surface area contributed by atoms with E-state index < -0.39 is 5.97 Å². The van der Waals surface area contributed by atoms with Gasteiger partial charge < -0.3 is 15.2 Å². The minimum atomic E-state index is -0.828. The molecular weight excluding hydrogens is 274 g/mol. The molecule has 1 aromatic rings. The van der Waals surface area contributed by atoms with Crippen LogP contribution in [0.2, 0.25) is 0 Å². The monoisotopic (exact) mass is 295 g/mol. The van der Waals surface area contributed by atoms with Crippen LogP contribution in [0.3, 0.4) is 0 Å². The van der Waals surface area contributed by atoms with E-state index in [1.54, 1.807) is 17.1 Å². The van der Waals surface area contributed by atoms with Gasteiger partial charge in [-0.25, -0.2) is 0 Å². The summed E-state index contributed by atoms with van der Waals surface area (Å²) in [7, 11) is 0. The summed E-state index contributed by atoms with van der Waals surface area (Å²) in [4.78, 5) is 22.0. The van der Waals surface area contributed by atoms with Gasteiger partial charge in [0.2, 0.25) is 5.91 Å². The van der Waals surface area contributed by atoms with Crippen molar-refractivity contribution in [3.63, 3.8) is 0 Å². The van der Waals surface area contributed by atoms with Gasteiger partial charge >= 0.3 is 5.97 Å². The topological polar surface area (TPSA) is 93.5 Å². The molecule has 1 unspecified atom stereocenters. The van der Waals surface area contributed by atoms with Crippen molar-refractivity contribution >= 4 is 17.6 Å². The maximum Gasteiger partial charge on any atom is 0.303 e. The first-order valence-corrected chi connectivity index (χ1v) is 7.29. The van der Waals surface area contributed by atoms with Crippen molar-refractivity contribution in [2.45, 2.75) is 51.2 Å². The minimum Gasteiger partial charge on any atom is -0.481 e. The molecule has 116 valence electrons. The number of unbranched alkanes of at least 4 members (excludes halogenated alkanes) is 1. The van der Waals surface area contributed by atoms with Crippen LogP contribution in [-0.4, -0.2) is 39.5 Å². The highest BCUT2D eigenvalue weighted by molar-refractivity contribution is 5.90. The van der Waals surface area contributed by atoms with Crippen molar-refractivity contribution in [3.8, 4) is 0 Å². The SMILES string of the molecule is O=C(O)CCCCC(=O)Nc1cnn(CC2CCCO2)c1. The Morgan fingerprint density at radius 1 is 1.43 bits per heavy atom. The molecule has 1 aliphatic heterocycles. The van der Waals surface area contributed by atoms with E-state index in [1.165, 1.54) is 0 Å². The second kappa shape index (κ2) is 7.78. The molecule has 0 aliphatic carbocycles. The van der Waals surface area contributed by atoms with Gasteiger partial charge in [0, 0.05) is 25.6 Å². The number of carboxylic acid groups (broad SMARTS) is 1. The third-order valence-corrected chi connectivity index (χ3v) is 3.38. The van der Waals surface area contributed by atoms with Crippen LogP contribution in [0.1, 0.15) is 38.5 Å². The van der Waals surface area contributed by atoms with Crippen molar-refractivity contribution in [3.05, 3.63) is 12.4 Å². The van der Waals surface area contributed by atoms with Crippen LogP contribution >= 0.6 is 0 Å². The number of aromatic nitrogens is 2. The average Bonchev–Trinajstić information content (AvgIpc) is 3.07. The molecule has 7 heteroatoms. The number of nitrogens with zero attached hydrogens (tertiary/aromatic N) is 2. The van der Waals surface area contributed by atoms with Crippen LogP contribution in [0.25, 0.3) is 0 Å². The highest BCUT2D eigenvalue weighted by atomic mass is 16.5. The molecule has 0 radical (unpaired) electrons. The molecule has 7 nitrogen and oxygen atoms in total. The van der Waals surface area contributed by atoms with E-state index in [2.05, 4.69) is 10.4 Å². The fourth-order valence-electron chi connectivity index (χ4n) is 2.31. The quantitative estimate of drug-likeness (QED) is 0.711. The lowest BCUT2D eigenvalue weighted by Crippen LogP contribution is -2.15. The summed E-state index contributed by atoms with van der Waals surface area (Å²) < 4.78 is 7.31. The Bertz CT molecular complexity index is 480. The van der Waals surface area contributed by atoms with Gasteiger partial charge in [-0.15, -0.1) is 0 Å². The molecule has 1 amide bonds. The molecule has 0 spiro atoms. The van der Waals surface area contributed by atoms with Gasteiger partial charge in [0.15, 0.2) is 0 Å². The zero-order valence-electron chi connectivity index (χ0n) is 12.0. The molecule has 0 saturated carbocycles. The lowest BCUT2D eigenvalue weighted by atomic mass is 10.2. The summed E-state index contributed by atoms with van der Waals surface area (Å²) in [6, 6.07) is 0. The molecular formula is C14H21N3O4. The first kappa shape index (κ1) is 15.5. The molecule has 1 saturated heterocycles. The third-order valence-electron chi connectivity index (χ3n) is 3.38. The number of carboxylic acids is 1. The molecule has 0 aromatic carbocycles. The van der Waals surface area contributed by atoms with Gasteiger partial charge in [-0.3, -0.25) is 14.3 Å². The van der Waals surface area contributed by atoms with Crippen molar-refractivity contribution in [1.82, 2.24) is 9.78 Å². The van der Waals surface area contributed by atoms with Crippen molar-refractivity contribution in [2.24, 2.45) is 0 Å². The number of aliphatic carboxylic acids is 1. The lowest BCUT2D eigenvalue weighted by Gasteiger charge is -2.08. The summed E-state index contributed by atoms with van der Waals surface area (Å²) in [6.45, 7) is 1.51. The first-order chi connectivity index (χ1) is 10.1. The highest BCUT2D eigenvalue weighted by Gasteiger charge is 2.16. The summed E-state index contributed by atoms with van der Waals surface area (Å²) in [6.07, 6.45) is 7.27.